The topological polar surface area (TPSA) is 53.7 Å². The van der Waals surface area contributed by atoms with Gasteiger partial charge in [-0.1, -0.05) is 39.0 Å². The van der Waals surface area contributed by atoms with Gasteiger partial charge < -0.3 is 19.9 Å². The fourth-order valence-electron chi connectivity index (χ4n) is 2.32. The van der Waals surface area contributed by atoms with E-state index in [1.165, 1.54) is 0 Å². The molecule has 2 N–H and O–H groups in total. The summed E-state index contributed by atoms with van der Waals surface area (Å²) in [6.07, 6.45) is -0.0883. The van der Waals surface area contributed by atoms with E-state index in [0.717, 1.165) is 11.3 Å². The Hall–Kier alpha value is -1.10. The number of hydrogen-bond acceptors (Lipinski definition) is 4. The molecule has 0 bridgehead atoms. The van der Waals surface area contributed by atoms with Gasteiger partial charge >= 0.3 is 0 Å². The van der Waals surface area contributed by atoms with E-state index in [9.17, 15) is 0 Å². The van der Waals surface area contributed by atoms with E-state index >= 15 is 0 Å². The van der Waals surface area contributed by atoms with Gasteiger partial charge in [0.1, 0.15) is 12.4 Å². The van der Waals surface area contributed by atoms with Crippen molar-refractivity contribution in [1.82, 2.24) is 0 Å². The van der Waals surface area contributed by atoms with Crippen LogP contribution in [-0.4, -0.2) is 33.5 Å². The second-order valence-corrected chi connectivity index (χ2v) is 5.93. The molecule has 0 spiro atoms. The molecule has 2 unspecified atom stereocenters. The standard InChI is InChI=1S/C16H27NO3/c1-16(2,3)15(19-5)14(17)12-8-6-7-9-13(12)20-11-10-18-4/h6-9,14-15H,10-11,17H2,1-5H3. The molecule has 20 heavy (non-hydrogen) atoms. The van der Waals surface area contributed by atoms with Crippen molar-refractivity contribution >= 4 is 0 Å². The van der Waals surface area contributed by atoms with Crippen molar-refractivity contribution in [2.24, 2.45) is 11.1 Å². The van der Waals surface area contributed by atoms with Crippen molar-refractivity contribution in [3.63, 3.8) is 0 Å². The highest BCUT2D eigenvalue weighted by molar-refractivity contribution is 5.36. The summed E-state index contributed by atoms with van der Waals surface area (Å²) in [4.78, 5) is 0. The number of hydrogen-bond donors (Lipinski definition) is 1. The van der Waals surface area contributed by atoms with Gasteiger partial charge in [0.05, 0.1) is 18.8 Å². The SMILES string of the molecule is COCCOc1ccccc1C(N)C(OC)C(C)(C)C. The molecule has 0 aromatic heterocycles. The second-order valence-electron chi connectivity index (χ2n) is 5.93. The first-order valence-corrected chi connectivity index (χ1v) is 6.91. The van der Waals surface area contributed by atoms with E-state index in [0.29, 0.717) is 13.2 Å². The van der Waals surface area contributed by atoms with Crippen LogP contribution in [0.1, 0.15) is 32.4 Å². The monoisotopic (exact) mass is 281 g/mol. The first kappa shape index (κ1) is 17.0. The van der Waals surface area contributed by atoms with Gasteiger partial charge in [-0.05, 0) is 11.5 Å². The molecule has 0 saturated heterocycles. The molecule has 0 saturated carbocycles. The predicted molar refractivity (Wildman–Crippen MR) is 81.0 cm³/mol. The molecule has 0 fully saturated rings. The van der Waals surface area contributed by atoms with E-state index < -0.39 is 0 Å². The second kappa shape index (κ2) is 7.62. The number of nitrogens with two attached hydrogens (primary N) is 1. The average molecular weight is 281 g/mol. The molecule has 0 aliphatic carbocycles. The summed E-state index contributed by atoms with van der Waals surface area (Å²) in [6.45, 7) is 7.42. The summed E-state index contributed by atoms with van der Waals surface area (Å²) in [6, 6.07) is 7.59. The highest BCUT2D eigenvalue weighted by Crippen LogP contribution is 2.34. The van der Waals surface area contributed by atoms with Crippen LogP contribution >= 0.6 is 0 Å². The lowest BCUT2D eigenvalue weighted by atomic mass is 9.82. The Morgan fingerprint density at radius 3 is 2.30 bits per heavy atom. The van der Waals surface area contributed by atoms with Crippen molar-refractivity contribution in [3.8, 4) is 5.75 Å². The highest BCUT2D eigenvalue weighted by atomic mass is 16.5. The van der Waals surface area contributed by atoms with Gasteiger partial charge in [-0.15, -0.1) is 0 Å². The molecular formula is C16H27NO3. The van der Waals surface area contributed by atoms with Crippen molar-refractivity contribution in [2.75, 3.05) is 27.4 Å². The smallest absolute Gasteiger partial charge is 0.124 e. The van der Waals surface area contributed by atoms with E-state index in [-0.39, 0.29) is 17.6 Å². The van der Waals surface area contributed by atoms with Crippen LogP contribution in [0.25, 0.3) is 0 Å². The summed E-state index contributed by atoms with van der Waals surface area (Å²) in [5, 5.41) is 0. The number of para-hydroxylation sites is 1. The van der Waals surface area contributed by atoms with Gasteiger partial charge in [-0.3, -0.25) is 0 Å². The lowest BCUT2D eigenvalue weighted by Crippen LogP contribution is -2.38. The molecule has 4 heteroatoms. The van der Waals surface area contributed by atoms with Crippen molar-refractivity contribution in [1.29, 1.82) is 0 Å². The quantitative estimate of drug-likeness (QED) is 0.781. The van der Waals surface area contributed by atoms with Crippen LogP contribution < -0.4 is 10.5 Å². The van der Waals surface area contributed by atoms with Gasteiger partial charge in [0.15, 0.2) is 0 Å². The minimum atomic E-state index is -0.237. The third kappa shape index (κ3) is 4.47. The van der Waals surface area contributed by atoms with Crippen LogP contribution in [0, 0.1) is 5.41 Å². The Labute approximate surface area is 122 Å². The Balaban J connectivity index is 2.93. The largest absolute Gasteiger partial charge is 0.491 e. The van der Waals surface area contributed by atoms with Crippen molar-refractivity contribution in [3.05, 3.63) is 29.8 Å². The van der Waals surface area contributed by atoms with Crippen LogP contribution in [0.4, 0.5) is 0 Å². The third-order valence-corrected chi connectivity index (χ3v) is 3.26. The van der Waals surface area contributed by atoms with Crippen molar-refractivity contribution < 1.29 is 14.2 Å². The summed E-state index contributed by atoms with van der Waals surface area (Å²) in [5.74, 6) is 0.795. The Bertz CT molecular complexity index is 401. The van der Waals surface area contributed by atoms with Gasteiger partial charge in [0.2, 0.25) is 0 Å². The molecule has 0 amide bonds. The molecular weight excluding hydrogens is 254 g/mol. The van der Waals surface area contributed by atoms with E-state index in [4.69, 9.17) is 19.9 Å². The van der Waals surface area contributed by atoms with Crippen molar-refractivity contribution in [2.45, 2.75) is 32.9 Å². The lowest BCUT2D eigenvalue weighted by Gasteiger charge is -2.34. The highest BCUT2D eigenvalue weighted by Gasteiger charge is 2.32. The first-order valence-electron chi connectivity index (χ1n) is 6.91. The molecule has 1 aromatic carbocycles. The maximum absolute atomic E-state index is 6.40. The van der Waals surface area contributed by atoms with Crippen LogP contribution in [0.3, 0.4) is 0 Å². The molecule has 0 aliphatic heterocycles. The average Bonchev–Trinajstić information content (AvgIpc) is 2.38. The summed E-state index contributed by atoms with van der Waals surface area (Å²) in [5.41, 5.74) is 7.32. The molecule has 0 radical (unpaired) electrons. The number of benzene rings is 1. The van der Waals surface area contributed by atoms with Gasteiger partial charge in [0.25, 0.3) is 0 Å². The number of ether oxygens (including phenoxy) is 3. The molecule has 0 heterocycles. The number of rotatable bonds is 7. The zero-order valence-corrected chi connectivity index (χ0v) is 13.2. The maximum atomic E-state index is 6.40. The summed E-state index contributed by atoms with van der Waals surface area (Å²) in [7, 11) is 3.35. The number of methoxy groups -OCH3 is 2. The molecule has 4 nitrogen and oxygen atoms in total. The van der Waals surface area contributed by atoms with E-state index in [2.05, 4.69) is 20.8 Å². The third-order valence-electron chi connectivity index (χ3n) is 3.26. The van der Waals surface area contributed by atoms with E-state index in [1.807, 2.05) is 24.3 Å². The zero-order chi connectivity index (χ0) is 15.2. The maximum Gasteiger partial charge on any atom is 0.124 e. The van der Waals surface area contributed by atoms with Crippen LogP contribution in [0.15, 0.2) is 24.3 Å². The fourth-order valence-corrected chi connectivity index (χ4v) is 2.32. The van der Waals surface area contributed by atoms with Gasteiger partial charge in [-0.2, -0.15) is 0 Å². The van der Waals surface area contributed by atoms with Gasteiger partial charge in [-0.25, -0.2) is 0 Å². The minimum absolute atomic E-state index is 0.0478. The zero-order valence-electron chi connectivity index (χ0n) is 13.2. The van der Waals surface area contributed by atoms with Crippen LogP contribution in [0.5, 0.6) is 5.75 Å². The van der Waals surface area contributed by atoms with Gasteiger partial charge in [0, 0.05) is 19.8 Å². The molecule has 114 valence electrons. The summed E-state index contributed by atoms with van der Waals surface area (Å²) >= 11 is 0. The first-order chi connectivity index (χ1) is 9.41. The van der Waals surface area contributed by atoms with Crippen LogP contribution in [-0.2, 0) is 9.47 Å². The molecule has 2 atom stereocenters. The Morgan fingerprint density at radius 1 is 1.10 bits per heavy atom. The Kier molecular flexibility index (Phi) is 6.46. The predicted octanol–water partition coefficient (Wildman–Crippen LogP) is 2.77. The molecule has 0 aliphatic rings. The molecule has 1 aromatic rings. The van der Waals surface area contributed by atoms with Crippen LogP contribution in [0.2, 0.25) is 0 Å². The summed E-state index contributed by atoms with van der Waals surface area (Å²) < 4.78 is 16.4. The Morgan fingerprint density at radius 2 is 1.75 bits per heavy atom. The fraction of sp³-hybridized carbons (Fsp3) is 0.625. The normalized spacial score (nSPS) is 14.9. The lowest BCUT2D eigenvalue weighted by molar-refractivity contribution is -0.00309. The molecule has 1 rings (SSSR count). The minimum Gasteiger partial charge on any atom is -0.491 e. The van der Waals surface area contributed by atoms with E-state index in [1.54, 1.807) is 14.2 Å².